The summed E-state index contributed by atoms with van der Waals surface area (Å²) in [6, 6.07) is 2.74. The highest BCUT2D eigenvalue weighted by molar-refractivity contribution is 6.70. The first kappa shape index (κ1) is 24.4. The van der Waals surface area contributed by atoms with Crippen LogP contribution in [-0.2, 0) is 13.6 Å². The summed E-state index contributed by atoms with van der Waals surface area (Å²) < 4.78 is 13.8. The molecule has 0 saturated heterocycles. The topological polar surface area (TPSA) is 59.3 Å². The lowest BCUT2D eigenvalue weighted by molar-refractivity contribution is -0.147. The molecule has 7 unspecified atom stereocenters. The molecule has 4 aliphatic carbocycles. The molecule has 3 fully saturated rings. The van der Waals surface area contributed by atoms with Crippen molar-refractivity contribution in [3.05, 3.63) is 11.6 Å². The monoisotopic (exact) mass is 473 g/mol. The van der Waals surface area contributed by atoms with Crippen molar-refractivity contribution in [3.8, 4) is 6.07 Å². The number of rotatable bonds is 4. The van der Waals surface area contributed by atoms with Gasteiger partial charge in [-0.1, -0.05) is 19.4 Å². The highest BCUT2D eigenvalue weighted by Gasteiger charge is 2.68. The van der Waals surface area contributed by atoms with Crippen LogP contribution in [0.3, 0.4) is 0 Å². The first-order chi connectivity index (χ1) is 14.6. The Kier molecular flexibility index (Phi) is 5.81. The highest BCUT2D eigenvalue weighted by atomic mass is 28.4. The normalized spacial score (nSPS) is 44.2. The summed E-state index contributed by atoms with van der Waals surface area (Å²) in [5, 5.41) is 10.5. The van der Waals surface area contributed by atoms with E-state index in [-0.39, 0.29) is 16.9 Å². The fraction of sp³-hybridized carbons (Fsp3) is 0.846. The lowest BCUT2D eigenvalue weighted by Crippen LogP contribution is -2.62. The molecule has 0 N–H and O–H groups in total. The molecule has 0 heterocycles. The van der Waals surface area contributed by atoms with E-state index in [0.717, 1.165) is 38.5 Å². The zero-order valence-electron chi connectivity index (χ0n) is 21.5. The molecule has 0 aliphatic heterocycles. The van der Waals surface area contributed by atoms with Crippen molar-refractivity contribution >= 4 is 22.4 Å². The number of allylic oxidation sites excluding steroid dienone is 1. The van der Waals surface area contributed by atoms with E-state index < -0.39 is 22.2 Å². The van der Waals surface area contributed by atoms with E-state index in [9.17, 15) is 10.1 Å². The fourth-order valence-corrected chi connectivity index (χ4v) is 10.7. The van der Waals surface area contributed by atoms with Crippen LogP contribution in [0.2, 0.25) is 39.3 Å². The van der Waals surface area contributed by atoms with Crippen LogP contribution in [0.25, 0.3) is 0 Å². The molecular weight excluding hydrogens is 430 g/mol. The minimum atomic E-state index is -1.90. The predicted octanol–water partition coefficient (Wildman–Crippen LogP) is 6.46. The predicted molar refractivity (Wildman–Crippen MR) is 133 cm³/mol. The summed E-state index contributed by atoms with van der Waals surface area (Å²) in [6.07, 6.45) is 8.66. The number of fused-ring (bicyclic) bond motifs is 5. The van der Waals surface area contributed by atoms with Gasteiger partial charge in [0.05, 0.1) is 6.07 Å². The number of carbonyl (C=O) groups is 1. The fourth-order valence-electron chi connectivity index (χ4n) is 8.10. The van der Waals surface area contributed by atoms with Gasteiger partial charge < -0.3 is 8.85 Å². The van der Waals surface area contributed by atoms with Crippen LogP contribution in [0.5, 0.6) is 0 Å². The minimum absolute atomic E-state index is 0.0417. The van der Waals surface area contributed by atoms with Gasteiger partial charge in [0, 0.05) is 17.9 Å². The van der Waals surface area contributed by atoms with Crippen molar-refractivity contribution in [1.29, 1.82) is 5.26 Å². The second-order valence-corrected chi connectivity index (χ2v) is 22.4. The molecule has 32 heavy (non-hydrogen) atoms. The molecule has 0 spiro atoms. The van der Waals surface area contributed by atoms with Gasteiger partial charge >= 0.3 is 0 Å². The van der Waals surface area contributed by atoms with Crippen LogP contribution < -0.4 is 0 Å². The largest absolute Gasteiger partial charge is 0.414 e. The van der Waals surface area contributed by atoms with Crippen LogP contribution in [0, 0.1) is 39.9 Å². The third-order valence-corrected chi connectivity index (χ3v) is 11.1. The van der Waals surface area contributed by atoms with Crippen LogP contribution in [0.1, 0.15) is 58.8 Å². The number of hydrogen-bond donors (Lipinski definition) is 0. The Morgan fingerprint density at radius 2 is 1.72 bits per heavy atom. The smallest absolute Gasteiger partial charge is 0.185 e. The van der Waals surface area contributed by atoms with Crippen LogP contribution in [-0.4, -0.2) is 34.1 Å². The third-order valence-electron chi connectivity index (χ3n) is 9.16. The number of hydrogen-bond acceptors (Lipinski definition) is 4. The van der Waals surface area contributed by atoms with E-state index in [1.807, 2.05) is 6.08 Å². The molecule has 4 rings (SSSR count). The van der Waals surface area contributed by atoms with Gasteiger partial charge in [-0.2, -0.15) is 5.26 Å². The standard InChI is InChI=1S/C26H43NO3Si2/c1-24-13-11-19(28)15-18(24)9-10-20-21-12-14-26(17-27,30-32(6,7)8)25(21,2)16-22(23(20)24)29-31(3,4)5/h15,20-23H,9-14,16H2,1-8H3. The van der Waals surface area contributed by atoms with Crippen molar-refractivity contribution in [1.82, 2.24) is 0 Å². The summed E-state index contributed by atoms with van der Waals surface area (Å²) in [7, 11) is -3.71. The summed E-state index contributed by atoms with van der Waals surface area (Å²) >= 11 is 0. The molecule has 0 bridgehead atoms. The van der Waals surface area contributed by atoms with Crippen molar-refractivity contribution in [2.45, 2.75) is 110 Å². The third kappa shape index (κ3) is 3.81. The zero-order valence-corrected chi connectivity index (χ0v) is 23.5. The van der Waals surface area contributed by atoms with Gasteiger partial charge in [-0.25, -0.2) is 0 Å². The van der Waals surface area contributed by atoms with Gasteiger partial charge in [0.15, 0.2) is 22.4 Å². The van der Waals surface area contributed by atoms with Gasteiger partial charge in [0.1, 0.15) is 5.60 Å². The molecule has 6 heteroatoms. The molecule has 0 amide bonds. The van der Waals surface area contributed by atoms with Gasteiger partial charge in [-0.3, -0.25) is 4.79 Å². The number of nitrogens with zero attached hydrogens (tertiary/aromatic N) is 1. The summed E-state index contributed by atoms with van der Waals surface area (Å²) in [4.78, 5) is 12.3. The second-order valence-electron chi connectivity index (χ2n) is 13.5. The lowest BCUT2D eigenvalue weighted by Gasteiger charge is -2.62. The van der Waals surface area contributed by atoms with Crippen molar-refractivity contribution in [3.63, 3.8) is 0 Å². The SMILES string of the molecule is CC12CCC(=O)C=C1CCC1C2C(O[Si](C)(C)C)CC2(C)C1CCC2(C#N)O[Si](C)(C)C. The maximum Gasteiger partial charge on any atom is 0.185 e. The Bertz CT molecular complexity index is 866. The molecule has 0 radical (unpaired) electrons. The Balaban J connectivity index is 1.80. The van der Waals surface area contributed by atoms with E-state index in [0.29, 0.717) is 30.0 Å². The van der Waals surface area contributed by atoms with Crippen molar-refractivity contribution in [2.24, 2.45) is 28.6 Å². The molecule has 4 nitrogen and oxygen atoms in total. The summed E-state index contributed by atoms with van der Waals surface area (Å²) in [6.45, 7) is 18.3. The van der Waals surface area contributed by atoms with E-state index in [1.54, 1.807) is 0 Å². The summed E-state index contributed by atoms with van der Waals surface area (Å²) in [5.41, 5.74) is 0.522. The van der Waals surface area contributed by atoms with Crippen LogP contribution >= 0.6 is 0 Å². The molecule has 0 aromatic heterocycles. The second kappa shape index (κ2) is 7.63. The number of nitriles is 1. The Labute approximate surface area is 197 Å². The van der Waals surface area contributed by atoms with Gasteiger partial charge in [0.2, 0.25) is 0 Å². The maximum atomic E-state index is 12.3. The Hall–Kier alpha value is -0.746. The molecule has 178 valence electrons. The highest BCUT2D eigenvalue weighted by Crippen LogP contribution is 2.69. The average Bonchev–Trinajstić information content (AvgIpc) is 2.91. The van der Waals surface area contributed by atoms with Crippen molar-refractivity contribution in [2.75, 3.05) is 0 Å². The molecule has 4 aliphatic rings. The van der Waals surface area contributed by atoms with E-state index in [2.05, 4.69) is 59.2 Å². The molecule has 0 aromatic rings. The van der Waals surface area contributed by atoms with Crippen LogP contribution in [0.4, 0.5) is 0 Å². The van der Waals surface area contributed by atoms with E-state index in [4.69, 9.17) is 8.85 Å². The van der Waals surface area contributed by atoms with Crippen LogP contribution in [0.15, 0.2) is 11.6 Å². The quantitative estimate of drug-likeness (QED) is 0.439. The van der Waals surface area contributed by atoms with Gasteiger partial charge in [-0.15, -0.1) is 0 Å². The zero-order chi connectivity index (χ0) is 23.7. The van der Waals surface area contributed by atoms with Gasteiger partial charge in [0.25, 0.3) is 0 Å². The van der Waals surface area contributed by atoms with Gasteiger partial charge in [-0.05, 0) is 107 Å². The first-order valence-corrected chi connectivity index (χ1v) is 19.5. The molecule has 3 saturated carbocycles. The average molecular weight is 474 g/mol. The molecule has 0 aromatic carbocycles. The molecule has 7 atom stereocenters. The van der Waals surface area contributed by atoms with E-state index in [1.165, 1.54) is 5.57 Å². The van der Waals surface area contributed by atoms with Crippen molar-refractivity contribution < 1.29 is 13.6 Å². The minimum Gasteiger partial charge on any atom is -0.414 e. The summed E-state index contributed by atoms with van der Waals surface area (Å²) in [5.74, 6) is 1.75. The maximum absolute atomic E-state index is 12.3. The Morgan fingerprint density at radius 1 is 1.03 bits per heavy atom. The number of ketones is 1. The Morgan fingerprint density at radius 3 is 2.31 bits per heavy atom. The number of carbonyl (C=O) groups excluding carboxylic acids is 1. The molecular formula is C26H43NO3Si2. The van der Waals surface area contributed by atoms with E-state index >= 15 is 0 Å². The lowest BCUT2D eigenvalue weighted by atomic mass is 9.45. The first-order valence-electron chi connectivity index (χ1n) is 12.7.